The van der Waals surface area contributed by atoms with Gasteiger partial charge in [0.2, 0.25) is 5.91 Å². The van der Waals surface area contributed by atoms with E-state index < -0.39 is 23.4 Å². The number of nitrogens with zero attached hydrogens (tertiary/aromatic N) is 1. The normalized spacial score (nSPS) is 18.6. The zero-order chi connectivity index (χ0) is 26.1. The summed E-state index contributed by atoms with van der Waals surface area (Å²) in [7, 11) is 0. The molecule has 3 aromatic rings. The number of urea groups is 1. The Morgan fingerprint density at radius 3 is 2.08 bits per heavy atom. The lowest BCUT2D eigenvalue weighted by Crippen LogP contribution is -2.43. The highest BCUT2D eigenvalue weighted by Gasteiger charge is 2.49. The largest absolute Gasteiger partial charge is 0.348 e. The number of benzene rings is 3. The van der Waals surface area contributed by atoms with E-state index in [1.165, 1.54) is 0 Å². The summed E-state index contributed by atoms with van der Waals surface area (Å²) >= 11 is 0. The van der Waals surface area contributed by atoms with Crippen LogP contribution in [0.3, 0.4) is 0 Å². The zero-order valence-corrected chi connectivity index (χ0v) is 21.5. The average molecular weight is 484 g/mol. The van der Waals surface area contributed by atoms with Crippen molar-refractivity contribution >= 4 is 17.8 Å². The quantitative estimate of drug-likeness (QED) is 0.467. The van der Waals surface area contributed by atoms with E-state index in [0.29, 0.717) is 5.56 Å². The molecule has 1 saturated heterocycles. The Morgan fingerprint density at radius 2 is 1.50 bits per heavy atom. The molecule has 1 aliphatic rings. The van der Waals surface area contributed by atoms with E-state index in [0.717, 1.165) is 27.2 Å². The molecule has 186 valence electrons. The Kier molecular flexibility index (Phi) is 6.72. The Balaban J connectivity index is 1.41. The maximum atomic E-state index is 13.2. The molecular formula is C30H33N3O3. The number of imide groups is 1. The molecule has 0 aromatic heterocycles. The summed E-state index contributed by atoms with van der Waals surface area (Å²) in [6.45, 7) is 9.56. The van der Waals surface area contributed by atoms with Crippen LogP contribution in [0.15, 0.2) is 78.9 Å². The molecule has 0 saturated carbocycles. The molecule has 3 aromatic carbocycles. The van der Waals surface area contributed by atoms with Gasteiger partial charge >= 0.3 is 6.03 Å². The number of amides is 4. The fourth-order valence-electron chi connectivity index (χ4n) is 4.45. The van der Waals surface area contributed by atoms with Crippen molar-refractivity contribution in [1.82, 2.24) is 15.5 Å². The van der Waals surface area contributed by atoms with Crippen molar-refractivity contribution in [2.24, 2.45) is 0 Å². The molecule has 0 spiro atoms. The van der Waals surface area contributed by atoms with Crippen LogP contribution < -0.4 is 10.6 Å². The number of carbonyl (C=O) groups is 3. The molecule has 0 bridgehead atoms. The maximum absolute atomic E-state index is 13.2. The fraction of sp³-hybridized carbons (Fsp3) is 0.300. The van der Waals surface area contributed by atoms with Gasteiger partial charge in [-0.15, -0.1) is 0 Å². The SMILES string of the molecule is C[C@@H](NC(=O)CN1C(=O)N[C@@](C)(c2ccc(C(C)(C)C)cc2)C1=O)c1ccc(-c2ccccc2)cc1. The van der Waals surface area contributed by atoms with Crippen molar-refractivity contribution in [2.75, 3.05) is 6.54 Å². The number of hydrogen-bond acceptors (Lipinski definition) is 3. The van der Waals surface area contributed by atoms with Crippen LogP contribution in [0.2, 0.25) is 0 Å². The second kappa shape index (κ2) is 9.61. The Morgan fingerprint density at radius 1 is 0.917 bits per heavy atom. The minimum absolute atomic E-state index is 0.0228. The number of rotatable bonds is 6. The van der Waals surface area contributed by atoms with Gasteiger partial charge in [-0.25, -0.2) is 4.79 Å². The maximum Gasteiger partial charge on any atom is 0.325 e. The standard InChI is InChI=1S/C30H33N3O3/c1-20(21-11-13-23(14-12-21)22-9-7-6-8-10-22)31-26(34)19-33-27(35)30(5,32-28(33)36)25-17-15-24(16-18-25)29(2,3)4/h6-18,20H,19H2,1-5H3,(H,31,34)(H,32,36)/t20-,30+/m1/s1. The van der Waals surface area contributed by atoms with Crippen molar-refractivity contribution in [2.45, 2.75) is 51.6 Å². The highest BCUT2D eigenvalue weighted by atomic mass is 16.2. The van der Waals surface area contributed by atoms with Crippen LogP contribution >= 0.6 is 0 Å². The molecule has 2 N–H and O–H groups in total. The summed E-state index contributed by atoms with van der Waals surface area (Å²) in [6, 6.07) is 24.9. The van der Waals surface area contributed by atoms with Crippen molar-refractivity contribution in [3.63, 3.8) is 0 Å². The monoisotopic (exact) mass is 483 g/mol. The van der Waals surface area contributed by atoms with Crippen molar-refractivity contribution in [3.8, 4) is 11.1 Å². The predicted octanol–water partition coefficient (Wildman–Crippen LogP) is 5.30. The van der Waals surface area contributed by atoms with Gasteiger partial charge < -0.3 is 10.6 Å². The van der Waals surface area contributed by atoms with E-state index in [2.05, 4.69) is 31.4 Å². The van der Waals surface area contributed by atoms with Gasteiger partial charge in [-0.3, -0.25) is 14.5 Å². The van der Waals surface area contributed by atoms with Gasteiger partial charge in [-0.2, -0.15) is 0 Å². The molecule has 6 nitrogen and oxygen atoms in total. The number of nitrogens with one attached hydrogen (secondary N) is 2. The van der Waals surface area contributed by atoms with E-state index in [9.17, 15) is 14.4 Å². The Bertz CT molecular complexity index is 1260. The highest BCUT2D eigenvalue weighted by Crippen LogP contribution is 2.31. The van der Waals surface area contributed by atoms with Gasteiger partial charge in [0.1, 0.15) is 12.1 Å². The lowest BCUT2D eigenvalue weighted by molar-refractivity contribution is -0.135. The van der Waals surface area contributed by atoms with E-state index in [1.54, 1.807) is 6.92 Å². The van der Waals surface area contributed by atoms with Gasteiger partial charge in [0.05, 0.1) is 6.04 Å². The summed E-state index contributed by atoms with van der Waals surface area (Å²) in [5, 5.41) is 5.68. The third kappa shape index (κ3) is 5.03. The lowest BCUT2D eigenvalue weighted by Gasteiger charge is -2.24. The van der Waals surface area contributed by atoms with Crippen molar-refractivity contribution in [1.29, 1.82) is 0 Å². The van der Waals surface area contributed by atoms with Gasteiger partial charge in [0.25, 0.3) is 5.91 Å². The molecular weight excluding hydrogens is 450 g/mol. The molecule has 1 heterocycles. The topological polar surface area (TPSA) is 78.5 Å². The minimum atomic E-state index is -1.22. The summed E-state index contributed by atoms with van der Waals surface area (Å²) < 4.78 is 0. The van der Waals surface area contributed by atoms with Crippen LogP contribution in [-0.2, 0) is 20.5 Å². The fourth-order valence-corrected chi connectivity index (χ4v) is 4.45. The highest BCUT2D eigenvalue weighted by molar-refractivity contribution is 6.09. The first-order valence-electron chi connectivity index (χ1n) is 12.2. The molecule has 0 radical (unpaired) electrons. The molecule has 0 aliphatic carbocycles. The van der Waals surface area contributed by atoms with Gasteiger partial charge in [0, 0.05) is 0 Å². The van der Waals surface area contributed by atoms with Crippen LogP contribution in [0.1, 0.15) is 57.4 Å². The van der Waals surface area contributed by atoms with Crippen LogP contribution in [-0.4, -0.2) is 29.3 Å². The molecule has 4 rings (SSSR count). The molecule has 4 amide bonds. The first-order valence-corrected chi connectivity index (χ1v) is 12.2. The Hall–Kier alpha value is -3.93. The van der Waals surface area contributed by atoms with E-state index in [1.807, 2.05) is 85.8 Å². The van der Waals surface area contributed by atoms with Crippen molar-refractivity contribution < 1.29 is 14.4 Å². The average Bonchev–Trinajstić information content (AvgIpc) is 3.08. The first kappa shape index (κ1) is 25.2. The van der Waals surface area contributed by atoms with Gasteiger partial charge in [-0.05, 0) is 47.1 Å². The molecule has 2 atom stereocenters. The third-order valence-electron chi connectivity index (χ3n) is 6.80. The summed E-state index contributed by atoms with van der Waals surface area (Å²) in [5.74, 6) is -0.837. The van der Waals surface area contributed by atoms with Gasteiger partial charge in [0.15, 0.2) is 0 Å². The zero-order valence-electron chi connectivity index (χ0n) is 21.5. The number of hydrogen-bond donors (Lipinski definition) is 2. The lowest BCUT2D eigenvalue weighted by atomic mass is 9.84. The predicted molar refractivity (Wildman–Crippen MR) is 141 cm³/mol. The van der Waals surface area contributed by atoms with E-state index in [-0.39, 0.29) is 18.0 Å². The van der Waals surface area contributed by atoms with Crippen LogP contribution in [0.4, 0.5) is 4.79 Å². The smallest absolute Gasteiger partial charge is 0.325 e. The minimum Gasteiger partial charge on any atom is -0.348 e. The summed E-state index contributed by atoms with van der Waals surface area (Å²) in [5.41, 5.74) is 3.72. The van der Waals surface area contributed by atoms with Crippen LogP contribution in [0.5, 0.6) is 0 Å². The molecule has 0 unspecified atom stereocenters. The molecule has 1 aliphatic heterocycles. The summed E-state index contributed by atoms with van der Waals surface area (Å²) in [4.78, 5) is 39.7. The van der Waals surface area contributed by atoms with E-state index in [4.69, 9.17) is 0 Å². The Labute approximate surface area is 212 Å². The van der Waals surface area contributed by atoms with Crippen LogP contribution in [0, 0.1) is 0 Å². The molecule has 6 heteroatoms. The second-order valence-electron chi connectivity index (χ2n) is 10.6. The molecule has 1 fully saturated rings. The second-order valence-corrected chi connectivity index (χ2v) is 10.6. The first-order chi connectivity index (χ1) is 17.0. The third-order valence-corrected chi connectivity index (χ3v) is 6.80. The summed E-state index contributed by atoms with van der Waals surface area (Å²) in [6.07, 6.45) is 0. The number of carbonyl (C=O) groups excluding carboxylic acids is 3. The van der Waals surface area contributed by atoms with Gasteiger partial charge in [-0.1, -0.05) is 99.6 Å². The van der Waals surface area contributed by atoms with Crippen LogP contribution in [0.25, 0.3) is 11.1 Å². The van der Waals surface area contributed by atoms with E-state index >= 15 is 0 Å². The van der Waals surface area contributed by atoms with Crippen molar-refractivity contribution in [3.05, 3.63) is 95.6 Å². The molecule has 36 heavy (non-hydrogen) atoms.